The van der Waals surface area contributed by atoms with Crippen molar-refractivity contribution in [1.29, 1.82) is 5.41 Å². The zero-order chi connectivity index (χ0) is 17.7. The molecule has 1 heterocycles. The molecule has 128 valence electrons. The highest BCUT2D eigenvalue weighted by Gasteiger charge is 2.17. The Balaban J connectivity index is 2.34. The zero-order valence-corrected chi connectivity index (χ0v) is 14.9. The highest BCUT2D eigenvalue weighted by molar-refractivity contribution is 7.05. The number of aryl methyl sites for hydroxylation is 1. The minimum atomic E-state index is -0.845. The third-order valence-electron chi connectivity index (χ3n) is 3.71. The third kappa shape index (κ3) is 4.27. The molecule has 0 saturated carbocycles. The number of hydrogen-bond donors (Lipinski definition) is 3. The first-order valence-corrected chi connectivity index (χ1v) is 8.61. The number of hydrogen-bond acceptors (Lipinski definition) is 5. The van der Waals surface area contributed by atoms with Crippen LogP contribution in [0.25, 0.3) is 0 Å². The van der Waals surface area contributed by atoms with Gasteiger partial charge in [-0.1, -0.05) is 6.92 Å². The summed E-state index contributed by atoms with van der Waals surface area (Å²) in [5, 5.41) is 21.4. The number of rotatable bonds is 7. The molecular weight excluding hydrogens is 325 g/mol. The summed E-state index contributed by atoms with van der Waals surface area (Å²) in [5.74, 6) is -0.420. The molecule has 6 heteroatoms. The Morgan fingerprint density at radius 3 is 2.79 bits per heavy atom. The Morgan fingerprint density at radius 2 is 2.21 bits per heavy atom. The van der Waals surface area contributed by atoms with Gasteiger partial charge in [0.2, 0.25) is 0 Å². The van der Waals surface area contributed by atoms with Crippen molar-refractivity contribution < 1.29 is 9.50 Å². The summed E-state index contributed by atoms with van der Waals surface area (Å²) in [5.41, 5.74) is 3.02. The minimum Gasteiger partial charge on any atom is -0.394 e. The van der Waals surface area contributed by atoms with Crippen LogP contribution >= 0.6 is 11.5 Å². The lowest BCUT2D eigenvalue weighted by Crippen LogP contribution is -2.13. The van der Waals surface area contributed by atoms with Crippen LogP contribution in [-0.4, -0.2) is 22.2 Å². The van der Waals surface area contributed by atoms with E-state index in [0.717, 1.165) is 22.6 Å². The quantitative estimate of drug-likeness (QED) is 0.670. The highest BCUT2D eigenvalue weighted by Crippen LogP contribution is 2.24. The van der Waals surface area contributed by atoms with E-state index in [-0.39, 0.29) is 5.71 Å². The smallest absolute Gasteiger partial charge is 0.123 e. The fourth-order valence-corrected chi connectivity index (χ4v) is 3.28. The van der Waals surface area contributed by atoms with Gasteiger partial charge in [-0.2, -0.15) is 4.37 Å². The van der Waals surface area contributed by atoms with E-state index in [1.165, 1.54) is 23.7 Å². The Bertz CT molecular complexity index is 752. The third-order valence-corrected chi connectivity index (χ3v) is 4.53. The van der Waals surface area contributed by atoms with Crippen LogP contribution in [0, 0.1) is 11.2 Å². The number of aliphatic hydroxyl groups excluding tert-OH is 1. The first-order chi connectivity index (χ1) is 11.5. The Hall–Kier alpha value is -2.05. The van der Waals surface area contributed by atoms with E-state index in [2.05, 4.69) is 16.6 Å². The number of aliphatic hydroxyl groups is 1. The highest BCUT2D eigenvalue weighted by atomic mass is 32.1. The van der Waals surface area contributed by atoms with Gasteiger partial charge in [0.1, 0.15) is 5.82 Å². The monoisotopic (exact) mass is 347 g/mol. The molecule has 0 saturated heterocycles. The normalized spacial score (nSPS) is 13.0. The second kappa shape index (κ2) is 8.17. The van der Waals surface area contributed by atoms with E-state index in [0.29, 0.717) is 17.5 Å². The molecule has 2 rings (SSSR count). The second-order valence-corrected chi connectivity index (χ2v) is 6.45. The summed E-state index contributed by atoms with van der Waals surface area (Å²) in [6.07, 6.45) is 2.36. The zero-order valence-electron chi connectivity index (χ0n) is 14.1. The molecule has 24 heavy (non-hydrogen) atoms. The largest absolute Gasteiger partial charge is 0.394 e. The van der Waals surface area contributed by atoms with E-state index in [4.69, 9.17) is 5.41 Å². The molecule has 0 unspecified atom stereocenters. The molecule has 1 aromatic carbocycles. The Morgan fingerprint density at radius 1 is 1.46 bits per heavy atom. The lowest BCUT2D eigenvalue weighted by molar-refractivity contribution is 0.198. The summed E-state index contributed by atoms with van der Waals surface area (Å²) in [6.45, 7) is 3.63. The maximum absolute atomic E-state index is 13.5. The molecule has 0 fully saturated rings. The van der Waals surface area contributed by atoms with Crippen LogP contribution in [0.4, 0.5) is 4.39 Å². The molecular formula is C18H22FN3OS. The van der Waals surface area contributed by atoms with Gasteiger partial charge in [-0.3, -0.25) is 5.41 Å². The molecule has 0 spiro atoms. The molecule has 0 radical (unpaired) electrons. The maximum atomic E-state index is 13.5. The molecule has 4 nitrogen and oxygen atoms in total. The van der Waals surface area contributed by atoms with E-state index in [1.807, 2.05) is 6.07 Å². The van der Waals surface area contributed by atoms with Crippen LogP contribution in [0.1, 0.15) is 41.6 Å². The number of benzene rings is 1. The average molecular weight is 347 g/mol. The molecule has 0 aliphatic carbocycles. The number of nitrogens with one attached hydrogen (secondary N) is 2. The molecule has 0 amide bonds. The van der Waals surface area contributed by atoms with Crippen LogP contribution < -0.4 is 5.32 Å². The fourth-order valence-electron chi connectivity index (χ4n) is 2.46. The van der Waals surface area contributed by atoms with Crippen molar-refractivity contribution in [2.75, 3.05) is 7.05 Å². The number of nitrogens with zero attached hydrogens (tertiary/aromatic N) is 1. The van der Waals surface area contributed by atoms with Gasteiger partial charge in [-0.25, -0.2) is 4.39 Å². The lowest BCUT2D eigenvalue weighted by Gasteiger charge is -2.15. The Labute approximate surface area is 145 Å². The summed E-state index contributed by atoms with van der Waals surface area (Å²) >= 11 is 1.43. The summed E-state index contributed by atoms with van der Waals surface area (Å²) in [4.78, 5) is 1.07. The molecule has 0 aliphatic heterocycles. The van der Waals surface area contributed by atoms with Gasteiger partial charge in [0.05, 0.1) is 17.5 Å². The maximum Gasteiger partial charge on any atom is 0.123 e. The van der Waals surface area contributed by atoms with Crippen molar-refractivity contribution in [3.63, 3.8) is 0 Å². The van der Waals surface area contributed by atoms with Crippen LogP contribution in [-0.2, 0) is 12.8 Å². The standard InChI is InChI=1S/C18H22FN3OS/c1-4-14-9-15(24-22-14)7-12(10-21-3)18(20)16-6-5-13(19)8-17(16)11(2)23/h5-6,8-11,20-21,23H,4,7H2,1-3H3/b12-10-,20-18?/t11-/m1/s1. The van der Waals surface area contributed by atoms with Crippen molar-refractivity contribution in [2.24, 2.45) is 0 Å². The predicted molar refractivity (Wildman–Crippen MR) is 96.2 cm³/mol. The topological polar surface area (TPSA) is 69.0 Å². The fraction of sp³-hybridized carbons (Fsp3) is 0.333. The Kier molecular flexibility index (Phi) is 6.23. The van der Waals surface area contributed by atoms with Gasteiger partial charge in [0.25, 0.3) is 0 Å². The second-order valence-electron chi connectivity index (χ2n) is 5.56. The molecule has 0 bridgehead atoms. The summed E-state index contributed by atoms with van der Waals surface area (Å²) in [6, 6.07) is 6.19. The van der Waals surface area contributed by atoms with Crippen molar-refractivity contribution in [2.45, 2.75) is 32.8 Å². The van der Waals surface area contributed by atoms with Crippen molar-refractivity contribution in [1.82, 2.24) is 9.69 Å². The predicted octanol–water partition coefficient (Wildman–Crippen LogP) is 3.61. The van der Waals surface area contributed by atoms with E-state index in [1.54, 1.807) is 26.2 Å². The summed E-state index contributed by atoms with van der Waals surface area (Å²) < 4.78 is 17.9. The SMILES string of the molecule is CCc1cc(C/C(=C/NC)C(=N)c2ccc(F)cc2[C@@H](C)O)sn1. The number of aromatic nitrogens is 1. The van der Waals surface area contributed by atoms with Gasteiger partial charge in [0, 0.05) is 30.1 Å². The van der Waals surface area contributed by atoms with E-state index in [9.17, 15) is 9.50 Å². The molecule has 2 aromatic rings. The molecule has 3 N–H and O–H groups in total. The van der Waals surface area contributed by atoms with Gasteiger partial charge in [-0.15, -0.1) is 0 Å². The van der Waals surface area contributed by atoms with Crippen molar-refractivity contribution in [3.8, 4) is 0 Å². The van der Waals surface area contributed by atoms with Gasteiger partial charge < -0.3 is 10.4 Å². The summed E-state index contributed by atoms with van der Waals surface area (Å²) in [7, 11) is 1.78. The molecule has 1 aromatic heterocycles. The van der Waals surface area contributed by atoms with E-state index >= 15 is 0 Å². The van der Waals surface area contributed by atoms with Crippen LogP contribution in [0.15, 0.2) is 36.0 Å². The van der Waals surface area contributed by atoms with Crippen molar-refractivity contribution >= 4 is 17.2 Å². The van der Waals surface area contributed by atoms with Crippen LogP contribution in [0.3, 0.4) is 0 Å². The average Bonchev–Trinajstić information content (AvgIpc) is 3.01. The van der Waals surface area contributed by atoms with Crippen molar-refractivity contribution in [3.05, 3.63) is 63.6 Å². The van der Waals surface area contributed by atoms with Gasteiger partial charge >= 0.3 is 0 Å². The molecule has 0 aliphatic rings. The van der Waals surface area contributed by atoms with Crippen LogP contribution in [0.2, 0.25) is 0 Å². The number of allylic oxidation sites excluding steroid dienone is 1. The first-order valence-electron chi connectivity index (χ1n) is 7.83. The van der Waals surface area contributed by atoms with E-state index < -0.39 is 11.9 Å². The first kappa shape index (κ1) is 18.3. The minimum absolute atomic E-state index is 0.270. The number of halogens is 1. The van der Waals surface area contributed by atoms with Crippen LogP contribution in [0.5, 0.6) is 0 Å². The van der Waals surface area contributed by atoms with Gasteiger partial charge in [-0.05, 0) is 60.3 Å². The lowest BCUT2D eigenvalue weighted by atomic mass is 9.93. The van der Waals surface area contributed by atoms with Gasteiger partial charge in [0.15, 0.2) is 0 Å². The molecule has 1 atom stereocenters.